The zero-order valence-corrected chi connectivity index (χ0v) is 11.4. The van der Waals surface area contributed by atoms with Crippen LogP contribution in [0.1, 0.15) is 26.1 Å². The lowest BCUT2D eigenvalue weighted by molar-refractivity contribution is 0.291. The Kier molecular flexibility index (Phi) is 4.27. The fraction of sp³-hybridized carbons (Fsp3) is 0.500. The third kappa shape index (κ3) is 2.98. The van der Waals surface area contributed by atoms with E-state index in [0.29, 0.717) is 24.5 Å². The predicted molar refractivity (Wildman–Crippen MR) is 71.7 cm³/mol. The highest BCUT2D eigenvalue weighted by atomic mass is 16.5. The van der Waals surface area contributed by atoms with Crippen LogP contribution in [0.4, 0.5) is 5.95 Å². The summed E-state index contributed by atoms with van der Waals surface area (Å²) >= 11 is 0. The van der Waals surface area contributed by atoms with Crippen molar-refractivity contribution in [2.45, 2.75) is 26.7 Å². The average Bonchev–Trinajstić information content (AvgIpc) is 2.93. The maximum atomic E-state index is 5.47. The molecule has 0 fully saturated rings. The molecular weight excluding hydrogens is 244 g/mol. The van der Waals surface area contributed by atoms with Crippen molar-refractivity contribution in [2.75, 3.05) is 19.0 Å². The van der Waals surface area contributed by atoms with E-state index in [1.54, 1.807) is 13.2 Å². The van der Waals surface area contributed by atoms with Crippen LogP contribution in [0, 0.1) is 0 Å². The minimum absolute atomic E-state index is 0.326. The number of anilines is 1. The average molecular weight is 262 g/mol. The van der Waals surface area contributed by atoms with Gasteiger partial charge in [0.2, 0.25) is 11.9 Å². The van der Waals surface area contributed by atoms with Crippen LogP contribution in [0.3, 0.4) is 0 Å². The number of ether oxygens (including phenoxy) is 1. The third-order valence-electron chi connectivity index (χ3n) is 2.51. The van der Waals surface area contributed by atoms with E-state index in [9.17, 15) is 0 Å². The summed E-state index contributed by atoms with van der Waals surface area (Å²) in [6.07, 6.45) is 5.27. The van der Waals surface area contributed by atoms with E-state index in [2.05, 4.69) is 25.3 Å². The highest BCUT2D eigenvalue weighted by molar-refractivity contribution is 5.30. The van der Waals surface area contributed by atoms with E-state index >= 15 is 0 Å². The van der Waals surface area contributed by atoms with Crippen LogP contribution in [0.15, 0.2) is 12.4 Å². The number of hydrogen-bond acceptors (Lipinski definition) is 6. The first kappa shape index (κ1) is 13.3. The van der Waals surface area contributed by atoms with Gasteiger partial charge >= 0.3 is 6.01 Å². The monoisotopic (exact) mass is 262 g/mol. The van der Waals surface area contributed by atoms with Gasteiger partial charge in [0.25, 0.3) is 0 Å². The van der Waals surface area contributed by atoms with Gasteiger partial charge in [0, 0.05) is 25.9 Å². The standard InChI is InChI=1S/C12H18N6O/c1-4-8-19-12-16-10(13-3)15-11(17-12)18-7-6-14-9(18)5-2/h6-7H,4-5,8H2,1-3H3,(H,13,15,16,17). The number of imidazole rings is 1. The van der Waals surface area contributed by atoms with Gasteiger partial charge in [0.1, 0.15) is 5.82 Å². The lowest BCUT2D eigenvalue weighted by Crippen LogP contribution is -2.10. The molecule has 0 aliphatic carbocycles. The zero-order chi connectivity index (χ0) is 13.7. The molecule has 2 heterocycles. The Labute approximate surface area is 112 Å². The second-order valence-electron chi connectivity index (χ2n) is 3.91. The quantitative estimate of drug-likeness (QED) is 0.849. The molecule has 0 atom stereocenters. The van der Waals surface area contributed by atoms with Crippen LogP contribution in [0.25, 0.3) is 5.95 Å². The molecule has 2 rings (SSSR count). The van der Waals surface area contributed by atoms with Gasteiger partial charge in [-0.1, -0.05) is 13.8 Å². The van der Waals surface area contributed by atoms with Gasteiger partial charge in [-0.05, 0) is 6.42 Å². The van der Waals surface area contributed by atoms with Crippen molar-refractivity contribution in [2.24, 2.45) is 0 Å². The lowest BCUT2D eigenvalue weighted by atomic mass is 10.4. The molecule has 0 saturated heterocycles. The van der Waals surface area contributed by atoms with Crippen molar-refractivity contribution in [3.05, 3.63) is 18.2 Å². The van der Waals surface area contributed by atoms with Crippen LogP contribution in [-0.4, -0.2) is 38.2 Å². The van der Waals surface area contributed by atoms with Crippen molar-refractivity contribution in [3.63, 3.8) is 0 Å². The molecule has 0 amide bonds. The number of nitrogens with one attached hydrogen (secondary N) is 1. The zero-order valence-electron chi connectivity index (χ0n) is 11.4. The maximum Gasteiger partial charge on any atom is 0.323 e. The van der Waals surface area contributed by atoms with Crippen molar-refractivity contribution in [1.82, 2.24) is 24.5 Å². The van der Waals surface area contributed by atoms with Crippen LogP contribution >= 0.6 is 0 Å². The molecule has 2 aromatic rings. The Hall–Kier alpha value is -2.18. The van der Waals surface area contributed by atoms with Crippen molar-refractivity contribution >= 4 is 5.95 Å². The Bertz CT molecular complexity index is 539. The molecule has 0 aromatic carbocycles. The molecule has 2 aromatic heterocycles. The SMILES string of the molecule is CCCOc1nc(NC)nc(-n2ccnc2CC)n1. The van der Waals surface area contributed by atoms with Gasteiger partial charge in [-0.15, -0.1) is 0 Å². The smallest absolute Gasteiger partial charge is 0.323 e. The second-order valence-corrected chi connectivity index (χ2v) is 3.91. The summed E-state index contributed by atoms with van der Waals surface area (Å²) in [4.78, 5) is 17.1. The number of aryl methyl sites for hydroxylation is 1. The summed E-state index contributed by atoms with van der Waals surface area (Å²) in [5, 5.41) is 2.91. The van der Waals surface area contributed by atoms with Gasteiger partial charge in [0.15, 0.2) is 0 Å². The molecule has 0 bridgehead atoms. The van der Waals surface area contributed by atoms with E-state index in [1.807, 2.05) is 24.6 Å². The minimum atomic E-state index is 0.326. The molecular formula is C12H18N6O. The van der Waals surface area contributed by atoms with Crippen LogP contribution < -0.4 is 10.1 Å². The molecule has 0 radical (unpaired) electrons. The molecule has 0 unspecified atom stereocenters. The molecule has 0 aliphatic rings. The van der Waals surface area contributed by atoms with Crippen LogP contribution in [-0.2, 0) is 6.42 Å². The number of aromatic nitrogens is 5. The highest BCUT2D eigenvalue weighted by Gasteiger charge is 2.11. The van der Waals surface area contributed by atoms with E-state index in [-0.39, 0.29) is 0 Å². The fourth-order valence-corrected chi connectivity index (χ4v) is 1.60. The highest BCUT2D eigenvalue weighted by Crippen LogP contribution is 2.13. The predicted octanol–water partition coefficient (Wildman–Crippen LogP) is 1.45. The van der Waals surface area contributed by atoms with Crippen LogP contribution in [0.5, 0.6) is 6.01 Å². The lowest BCUT2D eigenvalue weighted by Gasteiger charge is -2.09. The summed E-state index contributed by atoms with van der Waals surface area (Å²) in [5.74, 6) is 1.89. The molecule has 0 saturated carbocycles. The van der Waals surface area contributed by atoms with Gasteiger partial charge in [0.05, 0.1) is 6.61 Å². The first-order valence-electron chi connectivity index (χ1n) is 6.37. The van der Waals surface area contributed by atoms with Crippen molar-refractivity contribution in [1.29, 1.82) is 0 Å². The summed E-state index contributed by atoms with van der Waals surface area (Å²) in [6, 6.07) is 0.326. The third-order valence-corrected chi connectivity index (χ3v) is 2.51. The molecule has 0 spiro atoms. The summed E-state index contributed by atoms with van der Waals surface area (Å²) < 4.78 is 7.31. The summed E-state index contributed by atoms with van der Waals surface area (Å²) in [7, 11) is 1.76. The van der Waals surface area contributed by atoms with Crippen molar-refractivity contribution < 1.29 is 4.74 Å². The normalized spacial score (nSPS) is 10.5. The molecule has 1 N–H and O–H groups in total. The molecule has 7 heteroatoms. The van der Waals surface area contributed by atoms with Gasteiger partial charge in [-0.2, -0.15) is 15.0 Å². The first-order chi connectivity index (χ1) is 9.28. The Morgan fingerprint density at radius 1 is 1.26 bits per heavy atom. The maximum absolute atomic E-state index is 5.47. The topological polar surface area (TPSA) is 77.8 Å². The minimum Gasteiger partial charge on any atom is -0.463 e. The molecule has 19 heavy (non-hydrogen) atoms. The second kappa shape index (κ2) is 6.12. The van der Waals surface area contributed by atoms with E-state index in [4.69, 9.17) is 4.74 Å². The van der Waals surface area contributed by atoms with Crippen LogP contribution in [0.2, 0.25) is 0 Å². The largest absolute Gasteiger partial charge is 0.463 e. The Balaban J connectivity index is 2.38. The molecule has 102 valence electrons. The van der Waals surface area contributed by atoms with Gasteiger partial charge < -0.3 is 10.1 Å². The first-order valence-corrected chi connectivity index (χ1v) is 6.37. The Morgan fingerprint density at radius 3 is 2.79 bits per heavy atom. The van der Waals surface area contributed by atoms with Gasteiger partial charge in [-0.3, -0.25) is 4.57 Å². The fourth-order valence-electron chi connectivity index (χ4n) is 1.60. The van der Waals surface area contributed by atoms with E-state index in [1.165, 1.54) is 0 Å². The molecule has 0 aliphatic heterocycles. The summed E-state index contributed by atoms with van der Waals surface area (Å²) in [6.45, 7) is 4.65. The molecule has 7 nitrogen and oxygen atoms in total. The number of nitrogens with zero attached hydrogens (tertiary/aromatic N) is 5. The number of rotatable bonds is 6. The van der Waals surface area contributed by atoms with Gasteiger partial charge in [-0.25, -0.2) is 4.98 Å². The summed E-state index contributed by atoms with van der Waals surface area (Å²) in [5.41, 5.74) is 0. The van der Waals surface area contributed by atoms with Crippen molar-refractivity contribution in [3.8, 4) is 12.0 Å². The number of hydrogen-bond donors (Lipinski definition) is 1. The Morgan fingerprint density at radius 2 is 2.11 bits per heavy atom. The van der Waals surface area contributed by atoms with E-state index < -0.39 is 0 Å². The van der Waals surface area contributed by atoms with E-state index in [0.717, 1.165) is 18.7 Å².